The van der Waals surface area contributed by atoms with Crippen LogP contribution in [0.3, 0.4) is 0 Å². The van der Waals surface area contributed by atoms with Crippen molar-refractivity contribution in [3.63, 3.8) is 0 Å². The van der Waals surface area contributed by atoms with Crippen LogP contribution in [-0.2, 0) is 0 Å². The highest BCUT2D eigenvalue weighted by atomic mass is 16.1. The second-order valence-corrected chi connectivity index (χ2v) is 14.4. The molecule has 10 aromatic rings. The van der Waals surface area contributed by atoms with Gasteiger partial charge < -0.3 is 9.13 Å². The van der Waals surface area contributed by atoms with Gasteiger partial charge in [0.05, 0.1) is 22.1 Å². The third-order valence-corrected chi connectivity index (χ3v) is 11.0. The predicted octanol–water partition coefficient (Wildman–Crippen LogP) is 12.0. The van der Waals surface area contributed by atoms with Gasteiger partial charge in [0.25, 0.3) is 0 Å². The number of para-hydroxylation sites is 4. The summed E-state index contributed by atoms with van der Waals surface area (Å²) in [4.78, 5) is 32.8. The quantitative estimate of drug-likeness (QED) is 0.154. The van der Waals surface area contributed by atoms with E-state index in [1.54, 1.807) is 18.5 Å². The number of rotatable bonds is 7. The highest BCUT2D eigenvalue weighted by molar-refractivity contribution is 6.15. The minimum atomic E-state index is -0.156. The van der Waals surface area contributed by atoms with Crippen LogP contribution in [0.25, 0.3) is 66.1 Å². The number of aromatic nitrogens is 3. The molecule has 0 aliphatic rings. The Kier molecular flexibility index (Phi) is 7.82. The lowest BCUT2D eigenvalue weighted by molar-refractivity contribution is 0.103. The van der Waals surface area contributed by atoms with Crippen molar-refractivity contribution in [1.82, 2.24) is 14.1 Å². The van der Waals surface area contributed by atoms with E-state index in [0.717, 1.165) is 44.6 Å². The lowest BCUT2D eigenvalue weighted by Crippen LogP contribution is -2.07. The summed E-state index contributed by atoms with van der Waals surface area (Å²) in [5, 5.41) is 4.77. The summed E-state index contributed by atoms with van der Waals surface area (Å²) in [5.41, 5.74) is 12.5. The van der Waals surface area contributed by atoms with Crippen molar-refractivity contribution in [2.24, 2.45) is 0 Å². The lowest BCUT2D eigenvalue weighted by atomic mass is 9.92. The van der Waals surface area contributed by atoms with E-state index < -0.39 is 0 Å². The predicted molar refractivity (Wildman–Crippen MR) is 228 cm³/mol. The fraction of sp³-hybridized carbons (Fsp3) is 0.0392. The number of hydrogen-bond donors (Lipinski definition) is 0. The van der Waals surface area contributed by atoms with Gasteiger partial charge in [-0.2, -0.15) is 0 Å². The Morgan fingerprint density at radius 2 is 0.839 bits per heavy atom. The molecule has 3 heterocycles. The molecule has 0 aliphatic carbocycles. The fourth-order valence-corrected chi connectivity index (χ4v) is 8.37. The molecule has 0 radical (unpaired) electrons. The maximum Gasteiger partial charge on any atom is 0.193 e. The first-order chi connectivity index (χ1) is 27.4. The van der Waals surface area contributed by atoms with Crippen LogP contribution in [0.2, 0.25) is 0 Å². The van der Waals surface area contributed by atoms with Gasteiger partial charge in [0.1, 0.15) is 0 Å². The van der Waals surface area contributed by atoms with Crippen LogP contribution in [0.5, 0.6) is 0 Å². The molecule has 0 aliphatic heterocycles. The van der Waals surface area contributed by atoms with Crippen molar-refractivity contribution in [2.45, 2.75) is 13.8 Å². The minimum absolute atomic E-state index is 0.156. The van der Waals surface area contributed by atoms with Crippen LogP contribution >= 0.6 is 0 Å². The number of nitrogens with zero attached hydrogens (tertiary/aromatic N) is 3. The molecule has 3 aromatic heterocycles. The molecule has 10 rings (SSSR count). The van der Waals surface area contributed by atoms with Crippen molar-refractivity contribution < 1.29 is 9.59 Å². The Labute approximate surface area is 323 Å². The third kappa shape index (κ3) is 5.36. The Balaban J connectivity index is 1.02. The molecule has 0 fully saturated rings. The van der Waals surface area contributed by atoms with E-state index in [1.807, 2.05) is 72.8 Å². The maximum absolute atomic E-state index is 14.3. The number of fused-ring (bicyclic) bond motifs is 6. The van der Waals surface area contributed by atoms with Crippen molar-refractivity contribution in [2.75, 3.05) is 0 Å². The number of carbonyl (C=O) groups excluding carboxylic acids is 2. The molecule has 266 valence electrons. The largest absolute Gasteiger partial charge is 0.309 e. The third-order valence-electron chi connectivity index (χ3n) is 11.0. The van der Waals surface area contributed by atoms with Crippen molar-refractivity contribution in [3.8, 4) is 22.5 Å². The van der Waals surface area contributed by atoms with Gasteiger partial charge in [0.15, 0.2) is 11.6 Å². The maximum atomic E-state index is 14.3. The van der Waals surface area contributed by atoms with Crippen LogP contribution in [0, 0.1) is 13.8 Å². The monoisotopic (exact) mass is 721 g/mol. The summed E-state index contributed by atoms with van der Waals surface area (Å²) in [5.74, 6) is -0.311. The van der Waals surface area contributed by atoms with E-state index in [-0.39, 0.29) is 11.6 Å². The molecule has 5 nitrogen and oxygen atoms in total. The fourth-order valence-electron chi connectivity index (χ4n) is 8.37. The lowest BCUT2D eigenvalue weighted by Gasteiger charge is -2.12. The second kappa shape index (κ2) is 13.2. The average molecular weight is 722 g/mol. The summed E-state index contributed by atoms with van der Waals surface area (Å²) in [6.45, 7) is 4.26. The van der Waals surface area contributed by atoms with Crippen LogP contribution in [0.15, 0.2) is 176 Å². The Morgan fingerprint density at radius 3 is 1.30 bits per heavy atom. The number of benzene rings is 7. The zero-order chi connectivity index (χ0) is 37.9. The van der Waals surface area contributed by atoms with Crippen molar-refractivity contribution >= 4 is 55.2 Å². The highest BCUT2D eigenvalue weighted by Gasteiger charge is 2.20. The summed E-state index contributed by atoms with van der Waals surface area (Å²) in [6, 6.07) is 54.4. The number of carbonyl (C=O) groups is 2. The molecular formula is C51H35N3O2. The van der Waals surface area contributed by atoms with Crippen molar-refractivity contribution in [3.05, 3.63) is 210 Å². The Hall–Kier alpha value is -7.37. The van der Waals surface area contributed by atoms with Gasteiger partial charge in [-0.15, -0.1) is 0 Å². The van der Waals surface area contributed by atoms with Gasteiger partial charge in [0.2, 0.25) is 0 Å². The van der Waals surface area contributed by atoms with Gasteiger partial charge in [-0.05, 0) is 127 Å². The molecule has 0 N–H and O–H groups in total. The second-order valence-electron chi connectivity index (χ2n) is 14.4. The van der Waals surface area contributed by atoms with Crippen molar-refractivity contribution in [1.29, 1.82) is 0 Å². The molecule has 0 saturated heterocycles. The molecule has 5 heteroatoms. The molecule has 0 atom stereocenters. The first kappa shape index (κ1) is 33.2. The molecule has 0 saturated carbocycles. The van der Waals surface area contributed by atoms with Crippen LogP contribution in [0.1, 0.15) is 43.0 Å². The summed E-state index contributed by atoms with van der Waals surface area (Å²) < 4.78 is 4.53. The van der Waals surface area contributed by atoms with Gasteiger partial charge in [0, 0.05) is 67.6 Å². The van der Waals surface area contributed by atoms with Gasteiger partial charge in [-0.3, -0.25) is 14.6 Å². The summed E-state index contributed by atoms with van der Waals surface area (Å²) in [7, 11) is 0. The van der Waals surface area contributed by atoms with Crippen LogP contribution in [0.4, 0.5) is 0 Å². The molecule has 0 unspecified atom stereocenters. The molecule has 7 aromatic carbocycles. The van der Waals surface area contributed by atoms with E-state index in [4.69, 9.17) is 0 Å². The minimum Gasteiger partial charge on any atom is -0.309 e. The first-order valence-corrected chi connectivity index (χ1v) is 18.8. The zero-order valence-corrected chi connectivity index (χ0v) is 30.9. The molecule has 0 spiro atoms. The smallest absolute Gasteiger partial charge is 0.193 e. The van der Waals surface area contributed by atoms with E-state index >= 15 is 0 Å². The number of aryl methyl sites for hydroxylation is 2. The zero-order valence-electron chi connectivity index (χ0n) is 30.9. The topological polar surface area (TPSA) is 56.9 Å². The number of ketones is 2. The summed E-state index contributed by atoms with van der Waals surface area (Å²) in [6.07, 6.45) is 3.44. The van der Waals surface area contributed by atoms with Gasteiger partial charge in [-0.25, -0.2) is 0 Å². The standard InChI is InChI=1S/C51H35N3O2/c1-32-9-7-13-44-42-11-3-5-15-46(42)53(48(32)44)40-21-17-35(18-22-40)50(55)38-29-37(34-25-27-52-28-26-34)30-39(31-38)51(56)36-19-23-41(24-20-36)54-47-16-6-4-12-43(47)45-14-8-10-33(2)49(45)54/h3-31H,1-2H3. The summed E-state index contributed by atoms with van der Waals surface area (Å²) >= 11 is 0. The van der Waals surface area contributed by atoms with E-state index in [2.05, 4.69) is 113 Å². The number of hydrogen-bond acceptors (Lipinski definition) is 3. The van der Waals surface area contributed by atoms with Gasteiger partial charge >= 0.3 is 0 Å². The SMILES string of the molecule is Cc1cccc2c3ccccc3n(-c3ccc(C(=O)c4cc(C(=O)c5ccc(-n6c7ccccc7c7cccc(C)c76)cc5)cc(-c5ccncc5)c4)cc3)c12. The Morgan fingerprint density at radius 1 is 0.411 bits per heavy atom. The van der Waals surface area contributed by atoms with Crippen LogP contribution in [-0.4, -0.2) is 25.7 Å². The molecule has 0 bridgehead atoms. The van der Waals surface area contributed by atoms with Gasteiger partial charge in [-0.1, -0.05) is 72.8 Å². The average Bonchev–Trinajstić information content (AvgIpc) is 3.78. The van der Waals surface area contributed by atoms with E-state index in [1.165, 1.54) is 32.7 Å². The van der Waals surface area contributed by atoms with Crippen LogP contribution < -0.4 is 0 Å². The molecule has 56 heavy (non-hydrogen) atoms. The number of pyridine rings is 1. The Bertz CT molecular complexity index is 2980. The first-order valence-electron chi connectivity index (χ1n) is 18.8. The molecular weight excluding hydrogens is 687 g/mol. The van der Waals surface area contributed by atoms with E-state index in [0.29, 0.717) is 22.3 Å². The normalized spacial score (nSPS) is 11.5. The van der Waals surface area contributed by atoms with E-state index in [9.17, 15) is 9.59 Å². The molecule has 0 amide bonds. The highest BCUT2D eigenvalue weighted by Crippen LogP contribution is 2.36.